The summed E-state index contributed by atoms with van der Waals surface area (Å²) in [4.78, 5) is 11.1. The minimum absolute atomic E-state index is 0.426. The van der Waals surface area contributed by atoms with E-state index < -0.39 is 12.1 Å². The number of fused-ring (bicyclic) bond motifs is 1. The van der Waals surface area contributed by atoms with Gasteiger partial charge >= 0.3 is 5.97 Å². The smallest absolute Gasteiger partial charge is 0.344 e. The minimum atomic E-state index is -0.891. The highest BCUT2D eigenvalue weighted by molar-refractivity contribution is 5.72. The molecular weight excluding hydrogens is 254 g/mol. The van der Waals surface area contributed by atoms with Crippen molar-refractivity contribution in [2.24, 2.45) is 0 Å². The first-order valence-electron chi connectivity index (χ1n) is 7.41. The molecule has 0 bridgehead atoms. The Kier molecular flexibility index (Phi) is 5.01. The van der Waals surface area contributed by atoms with Crippen molar-refractivity contribution in [1.82, 2.24) is 5.32 Å². The Morgan fingerprint density at radius 2 is 2.30 bits per heavy atom. The van der Waals surface area contributed by atoms with Gasteiger partial charge in [0, 0.05) is 6.04 Å². The predicted molar refractivity (Wildman–Crippen MR) is 78.1 cm³/mol. The van der Waals surface area contributed by atoms with Gasteiger partial charge in [0.2, 0.25) is 0 Å². The topological polar surface area (TPSA) is 58.6 Å². The van der Waals surface area contributed by atoms with Gasteiger partial charge in [-0.25, -0.2) is 4.79 Å². The summed E-state index contributed by atoms with van der Waals surface area (Å²) in [6.45, 7) is 5.03. The van der Waals surface area contributed by atoms with Gasteiger partial charge in [-0.1, -0.05) is 26.3 Å². The first-order valence-corrected chi connectivity index (χ1v) is 7.41. The fourth-order valence-corrected chi connectivity index (χ4v) is 2.78. The molecule has 20 heavy (non-hydrogen) atoms. The van der Waals surface area contributed by atoms with Crippen molar-refractivity contribution in [2.45, 2.75) is 51.7 Å². The molecule has 4 heteroatoms. The molecule has 2 rings (SSSR count). The van der Waals surface area contributed by atoms with Crippen LogP contribution >= 0.6 is 0 Å². The van der Waals surface area contributed by atoms with Crippen LogP contribution in [-0.2, 0) is 11.2 Å². The van der Waals surface area contributed by atoms with Gasteiger partial charge in [0.15, 0.2) is 6.10 Å². The second-order valence-electron chi connectivity index (χ2n) is 5.24. The van der Waals surface area contributed by atoms with Gasteiger partial charge in [-0.2, -0.15) is 0 Å². The Morgan fingerprint density at radius 3 is 2.95 bits per heavy atom. The molecule has 2 unspecified atom stereocenters. The van der Waals surface area contributed by atoms with E-state index in [0.29, 0.717) is 18.2 Å². The number of aryl methyl sites for hydroxylation is 1. The molecule has 0 saturated heterocycles. The van der Waals surface area contributed by atoms with E-state index in [1.54, 1.807) is 0 Å². The number of carbonyl (C=O) groups is 1. The van der Waals surface area contributed by atoms with E-state index in [2.05, 4.69) is 18.3 Å². The Hall–Kier alpha value is -1.55. The van der Waals surface area contributed by atoms with Crippen molar-refractivity contribution < 1.29 is 14.6 Å². The molecular formula is C16H23NO3. The SMILES string of the molecule is CCCC(Oc1ccc2c(c1)CCC2NCC)C(=O)O. The van der Waals surface area contributed by atoms with Crippen molar-refractivity contribution in [1.29, 1.82) is 0 Å². The van der Waals surface area contributed by atoms with Crippen LogP contribution in [0.2, 0.25) is 0 Å². The van der Waals surface area contributed by atoms with Crippen molar-refractivity contribution in [3.8, 4) is 5.75 Å². The van der Waals surface area contributed by atoms with E-state index >= 15 is 0 Å². The van der Waals surface area contributed by atoms with Crippen LogP contribution in [0.25, 0.3) is 0 Å². The van der Waals surface area contributed by atoms with E-state index in [1.165, 1.54) is 11.1 Å². The molecule has 0 aliphatic heterocycles. The van der Waals surface area contributed by atoms with Crippen molar-refractivity contribution in [2.75, 3.05) is 6.54 Å². The number of ether oxygens (including phenoxy) is 1. The summed E-state index contributed by atoms with van der Waals surface area (Å²) in [5, 5.41) is 12.6. The summed E-state index contributed by atoms with van der Waals surface area (Å²) >= 11 is 0. The van der Waals surface area contributed by atoms with Crippen LogP contribution in [0, 0.1) is 0 Å². The minimum Gasteiger partial charge on any atom is -0.479 e. The Balaban J connectivity index is 2.10. The fourth-order valence-electron chi connectivity index (χ4n) is 2.78. The van der Waals surface area contributed by atoms with Crippen molar-refractivity contribution >= 4 is 5.97 Å². The number of benzene rings is 1. The van der Waals surface area contributed by atoms with E-state index in [0.717, 1.165) is 25.8 Å². The van der Waals surface area contributed by atoms with Crippen LogP contribution in [-0.4, -0.2) is 23.7 Å². The quantitative estimate of drug-likeness (QED) is 0.804. The predicted octanol–water partition coefficient (Wildman–Crippen LogP) is 2.92. The second-order valence-corrected chi connectivity index (χ2v) is 5.24. The molecule has 110 valence electrons. The van der Waals surface area contributed by atoms with Gasteiger partial charge in [-0.05, 0) is 49.1 Å². The molecule has 0 radical (unpaired) electrons. The van der Waals surface area contributed by atoms with Crippen LogP contribution < -0.4 is 10.1 Å². The highest BCUT2D eigenvalue weighted by Crippen LogP contribution is 2.33. The molecule has 1 aliphatic rings. The zero-order valence-electron chi connectivity index (χ0n) is 12.2. The van der Waals surface area contributed by atoms with Gasteiger partial charge in [0.05, 0.1) is 0 Å². The molecule has 1 aliphatic carbocycles. The normalized spacial score (nSPS) is 18.6. The number of nitrogens with one attached hydrogen (secondary N) is 1. The lowest BCUT2D eigenvalue weighted by Crippen LogP contribution is -2.26. The molecule has 0 spiro atoms. The monoisotopic (exact) mass is 277 g/mol. The second kappa shape index (κ2) is 6.75. The van der Waals surface area contributed by atoms with Crippen LogP contribution in [0.3, 0.4) is 0 Å². The van der Waals surface area contributed by atoms with Gasteiger partial charge < -0.3 is 15.2 Å². The molecule has 2 atom stereocenters. The lowest BCUT2D eigenvalue weighted by molar-refractivity contribution is -0.145. The summed E-state index contributed by atoms with van der Waals surface area (Å²) in [6.07, 6.45) is 2.71. The lowest BCUT2D eigenvalue weighted by atomic mass is 10.1. The molecule has 1 aromatic carbocycles. The maximum atomic E-state index is 11.1. The van der Waals surface area contributed by atoms with Crippen LogP contribution in [0.5, 0.6) is 5.75 Å². The highest BCUT2D eigenvalue weighted by Gasteiger charge is 2.23. The zero-order valence-corrected chi connectivity index (χ0v) is 12.2. The fraction of sp³-hybridized carbons (Fsp3) is 0.562. The summed E-state index contributed by atoms with van der Waals surface area (Å²) < 4.78 is 5.62. The summed E-state index contributed by atoms with van der Waals surface area (Å²) in [6, 6.07) is 6.38. The van der Waals surface area contributed by atoms with Crippen LogP contribution in [0.1, 0.15) is 50.3 Å². The third-order valence-electron chi connectivity index (χ3n) is 3.75. The van der Waals surface area contributed by atoms with Gasteiger partial charge in [-0.15, -0.1) is 0 Å². The lowest BCUT2D eigenvalue weighted by Gasteiger charge is -2.16. The van der Waals surface area contributed by atoms with E-state index in [4.69, 9.17) is 9.84 Å². The van der Waals surface area contributed by atoms with E-state index in [1.807, 2.05) is 19.1 Å². The van der Waals surface area contributed by atoms with Gasteiger partial charge in [-0.3, -0.25) is 0 Å². The molecule has 4 nitrogen and oxygen atoms in total. The summed E-state index contributed by atoms with van der Waals surface area (Å²) in [5.74, 6) is -0.223. The average molecular weight is 277 g/mol. The average Bonchev–Trinajstić information content (AvgIpc) is 2.81. The third kappa shape index (κ3) is 3.31. The molecule has 0 fully saturated rings. The maximum Gasteiger partial charge on any atom is 0.344 e. The van der Waals surface area contributed by atoms with E-state index in [-0.39, 0.29) is 0 Å². The molecule has 0 amide bonds. The summed E-state index contributed by atoms with van der Waals surface area (Å²) in [5.41, 5.74) is 2.59. The Bertz CT molecular complexity index is 473. The maximum absolute atomic E-state index is 11.1. The van der Waals surface area contributed by atoms with E-state index in [9.17, 15) is 4.79 Å². The summed E-state index contributed by atoms with van der Waals surface area (Å²) in [7, 11) is 0. The first-order chi connectivity index (χ1) is 9.65. The first kappa shape index (κ1) is 14.9. The number of hydrogen-bond acceptors (Lipinski definition) is 3. The third-order valence-corrected chi connectivity index (χ3v) is 3.75. The van der Waals surface area contributed by atoms with Crippen LogP contribution in [0.4, 0.5) is 0 Å². The van der Waals surface area contributed by atoms with Crippen molar-refractivity contribution in [3.63, 3.8) is 0 Å². The standard InChI is InChI=1S/C16H23NO3/c1-3-5-15(16(18)19)20-12-7-8-13-11(10-12)6-9-14(13)17-4-2/h7-8,10,14-15,17H,3-6,9H2,1-2H3,(H,18,19). The van der Waals surface area contributed by atoms with Gasteiger partial charge in [0.25, 0.3) is 0 Å². The Labute approximate surface area is 120 Å². The van der Waals surface area contributed by atoms with Crippen molar-refractivity contribution in [3.05, 3.63) is 29.3 Å². The molecule has 2 N–H and O–H groups in total. The largest absolute Gasteiger partial charge is 0.479 e. The number of aliphatic carboxylic acids is 1. The zero-order chi connectivity index (χ0) is 14.5. The number of hydrogen-bond donors (Lipinski definition) is 2. The molecule has 1 aromatic rings. The Morgan fingerprint density at radius 1 is 1.50 bits per heavy atom. The molecule has 0 aromatic heterocycles. The number of carboxylic acids is 1. The van der Waals surface area contributed by atoms with Crippen LogP contribution in [0.15, 0.2) is 18.2 Å². The van der Waals surface area contributed by atoms with Gasteiger partial charge in [0.1, 0.15) is 5.75 Å². The highest BCUT2D eigenvalue weighted by atomic mass is 16.5. The number of carboxylic acid groups (broad SMARTS) is 1. The molecule has 0 heterocycles. The molecule has 0 saturated carbocycles. The number of rotatable bonds is 7.